The summed E-state index contributed by atoms with van der Waals surface area (Å²) in [6.07, 6.45) is 4.93. The van der Waals surface area contributed by atoms with Crippen LogP contribution in [0.3, 0.4) is 0 Å². The van der Waals surface area contributed by atoms with E-state index in [4.69, 9.17) is 40.5 Å². The lowest BCUT2D eigenvalue weighted by Gasteiger charge is -2.18. The van der Waals surface area contributed by atoms with Crippen molar-refractivity contribution in [1.82, 2.24) is 10.4 Å². The number of rotatable bonds is 3. The molecule has 3 rings (SSSR count). The Morgan fingerprint density at radius 2 is 1.68 bits per heavy atom. The summed E-state index contributed by atoms with van der Waals surface area (Å²) >= 11 is 18.6. The molecular formula is C17H11Cl3N4O. The SMILES string of the molecule is NC(=O)/C(=C1/C=C(c2ccncc2)C(Cl)=NN1)c1c(Cl)cccc1Cl. The molecule has 0 unspecified atom stereocenters. The highest BCUT2D eigenvalue weighted by molar-refractivity contribution is 6.76. The second-order valence-electron chi connectivity index (χ2n) is 5.06. The Hall–Kier alpha value is -2.34. The van der Waals surface area contributed by atoms with Gasteiger partial charge < -0.3 is 5.73 Å². The maximum absolute atomic E-state index is 12.1. The predicted molar refractivity (Wildman–Crippen MR) is 101 cm³/mol. The molecule has 0 saturated carbocycles. The lowest BCUT2D eigenvalue weighted by molar-refractivity contribution is -0.112. The molecule has 0 fully saturated rings. The first kappa shape index (κ1) is 17.5. The molecular weight excluding hydrogens is 383 g/mol. The second kappa shape index (κ2) is 7.27. The number of carbonyl (C=O) groups is 1. The number of hydrazone groups is 1. The predicted octanol–water partition coefficient (Wildman–Crippen LogP) is 3.82. The van der Waals surface area contributed by atoms with Crippen LogP contribution in [0.15, 0.2) is 59.6 Å². The molecule has 1 aliphatic heterocycles. The molecule has 1 amide bonds. The number of hydrogen-bond acceptors (Lipinski definition) is 4. The average molecular weight is 394 g/mol. The fourth-order valence-corrected chi connectivity index (χ4v) is 3.19. The van der Waals surface area contributed by atoms with Gasteiger partial charge in [-0.3, -0.25) is 15.2 Å². The molecule has 0 saturated heterocycles. The Kier molecular flexibility index (Phi) is 5.08. The van der Waals surface area contributed by atoms with Crippen LogP contribution in [0.2, 0.25) is 10.0 Å². The molecule has 126 valence electrons. The van der Waals surface area contributed by atoms with Crippen molar-refractivity contribution in [3.05, 3.63) is 75.7 Å². The summed E-state index contributed by atoms with van der Waals surface area (Å²) in [5.41, 5.74) is 10.5. The molecule has 0 bridgehead atoms. The minimum Gasteiger partial charge on any atom is -0.366 e. The van der Waals surface area contributed by atoms with Gasteiger partial charge in [-0.15, -0.1) is 0 Å². The van der Waals surface area contributed by atoms with Gasteiger partial charge in [0.15, 0.2) is 5.17 Å². The van der Waals surface area contributed by atoms with Gasteiger partial charge in [-0.2, -0.15) is 5.10 Å². The van der Waals surface area contributed by atoms with E-state index in [1.807, 2.05) is 0 Å². The minimum absolute atomic E-state index is 0.120. The summed E-state index contributed by atoms with van der Waals surface area (Å²) in [5, 5.41) is 4.89. The number of allylic oxidation sites excluding steroid dienone is 2. The van der Waals surface area contributed by atoms with E-state index in [-0.39, 0.29) is 10.7 Å². The zero-order valence-electron chi connectivity index (χ0n) is 12.6. The number of primary amides is 1. The molecule has 2 aromatic rings. The van der Waals surface area contributed by atoms with E-state index in [1.165, 1.54) is 0 Å². The molecule has 0 aliphatic carbocycles. The van der Waals surface area contributed by atoms with Crippen LogP contribution in [0.5, 0.6) is 0 Å². The fourth-order valence-electron chi connectivity index (χ4n) is 2.39. The Bertz CT molecular complexity index is 916. The molecule has 8 heteroatoms. The maximum Gasteiger partial charge on any atom is 0.251 e. The first-order valence-corrected chi connectivity index (χ1v) is 8.22. The summed E-state index contributed by atoms with van der Waals surface area (Å²) in [5.74, 6) is -0.698. The number of carbonyl (C=O) groups excluding carboxylic acids is 1. The smallest absolute Gasteiger partial charge is 0.251 e. The number of amides is 1. The van der Waals surface area contributed by atoms with Crippen LogP contribution >= 0.6 is 34.8 Å². The van der Waals surface area contributed by atoms with Crippen molar-refractivity contribution in [2.45, 2.75) is 0 Å². The van der Waals surface area contributed by atoms with Gasteiger partial charge in [0, 0.05) is 23.5 Å². The van der Waals surface area contributed by atoms with E-state index in [0.717, 1.165) is 5.56 Å². The molecule has 1 aromatic heterocycles. The standard InChI is InChI=1S/C17H11Cl3N4O/c18-11-2-1-3-12(19)14(11)15(17(21)25)13-8-10(16(20)24-23-13)9-4-6-22-7-5-9/h1-8,23H,(H2,21,25)/b15-13-. The van der Waals surface area contributed by atoms with Crippen molar-refractivity contribution in [1.29, 1.82) is 0 Å². The monoisotopic (exact) mass is 392 g/mol. The van der Waals surface area contributed by atoms with E-state index in [9.17, 15) is 4.79 Å². The van der Waals surface area contributed by atoms with Crippen LogP contribution in [0.25, 0.3) is 11.1 Å². The summed E-state index contributed by atoms with van der Waals surface area (Å²) in [6, 6.07) is 8.48. The first-order valence-electron chi connectivity index (χ1n) is 7.09. The zero-order valence-corrected chi connectivity index (χ0v) is 14.9. The highest BCUT2D eigenvalue weighted by Gasteiger charge is 2.23. The Labute approximate surface area is 158 Å². The van der Waals surface area contributed by atoms with Gasteiger partial charge in [-0.25, -0.2) is 0 Å². The largest absolute Gasteiger partial charge is 0.366 e. The number of hydrogen-bond donors (Lipinski definition) is 2. The Morgan fingerprint density at radius 3 is 2.28 bits per heavy atom. The van der Waals surface area contributed by atoms with Crippen molar-refractivity contribution >= 4 is 57.0 Å². The van der Waals surface area contributed by atoms with Crippen molar-refractivity contribution in [3.8, 4) is 0 Å². The van der Waals surface area contributed by atoms with Crippen molar-refractivity contribution in [2.75, 3.05) is 0 Å². The molecule has 1 aliphatic rings. The van der Waals surface area contributed by atoms with Gasteiger partial charge in [0.25, 0.3) is 5.91 Å². The summed E-state index contributed by atoms with van der Waals surface area (Å²) in [4.78, 5) is 16.1. The van der Waals surface area contributed by atoms with E-state index >= 15 is 0 Å². The molecule has 25 heavy (non-hydrogen) atoms. The Morgan fingerprint density at radius 1 is 1.04 bits per heavy atom. The van der Waals surface area contributed by atoms with Crippen LogP contribution in [0.4, 0.5) is 0 Å². The zero-order chi connectivity index (χ0) is 18.0. The molecule has 0 spiro atoms. The van der Waals surface area contributed by atoms with Gasteiger partial charge >= 0.3 is 0 Å². The van der Waals surface area contributed by atoms with Crippen LogP contribution in [0.1, 0.15) is 11.1 Å². The second-order valence-corrected chi connectivity index (χ2v) is 6.23. The average Bonchev–Trinajstić information content (AvgIpc) is 2.59. The Balaban J connectivity index is 2.23. The van der Waals surface area contributed by atoms with Crippen LogP contribution in [0, 0.1) is 0 Å². The fraction of sp³-hybridized carbons (Fsp3) is 0. The van der Waals surface area contributed by atoms with Gasteiger partial charge in [0.05, 0.1) is 21.3 Å². The molecule has 0 radical (unpaired) electrons. The van der Waals surface area contributed by atoms with Crippen molar-refractivity contribution in [3.63, 3.8) is 0 Å². The lowest BCUT2D eigenvalue weighted by Crippen LogP contribution is -2.22. The van der Waals surface area contributed by atoms with Crippen LogP contribution in [-0.2, 0) is 4.79 Å². The molecule has 1 aromatic carbocycles. The highest BCUT2D eigenvalue weighted by atomic mass is 35.5. The lowest BCUT2D eigenvalue weighted by atomic mass is 9.99. The topological polar surface area (TPSA) is 80.4 Å². The van der Waals surface area contributed by atoms with E-state index < -0.39 is 5.91 Å². The van der Waals surface area contributed by atoms with Crippen LogP contribution < -0.4 is 11.2 Å². The van der Waals surface area contributed by atoms with Gasteiger partial charge in [-0.05, 0) is 35.9 Å². The minimum atomic E-state index is -0.698. The number of halogens is 3. The summed E-state index contributed by atoms with van der Waals surface area (Å²) < 4.78 is 0. The number of nitrogens with one attached hydrogen (secondary N) is 1. The van der Waals surface area contributed by atoms with Gasteiger partial charge in [0.2, 0.25) is 0 Å². The van der Waals surface area contributed by atoms with Crippen LogP contribution in [-0.4, -0.2) is 16.1 Å². The molecule has 0 atom stereocenters. The summed E-state index contributed by atoms with van der Waals surface area (Å²) in [6.45, 7) is 0. The van der Waals surface area contributed by atoms with E-state index in [0.29, 0.717) is 26.9 Å². The maximum atomic E-state index is 12.1. The number of pyridine rings is 1. The first-order chi connectivity index (χ1) is 12.0. The third kappa shape index (κ3) is 3.54. The summed E-state index contributed by atoms with van der Waals surface area (Å²) in [7, 11) is 0. The van der Waals surface area contributed by atoms with Gasteiger partial charge in [-0.1, -0.05) is 40.9 Å². The normalized spacial score (nSPS) is 15.8. The van der Waals surface area contributed by atoms with E-state index in [2.05, 4.69) is 15.5 Å². The number of nitrogens with two attached hydrogens (primary N) is 1. The van der Waals surface area contributed by atoms with E-state index in [1.54, 1.807) is 48.8 Å². The molecule has 2 heterocycles. The number of nitrogens with zero attached hydrogens (tertiary/aromatic N) is 2. The third-order valence-electron chi connectivity index (χ3n) is 3.51. The van der Waals surface area contributed by atoms with Crippen molar-refractivity contribution in [2.24, 2.45) is 10.8 Å². The molecule has 5 nitrogen and oxygen atoms in total. The quantitative estimate of drug-likeness (QED) is 0.778. The number of benzene rings is 1. The molecule has 3 N–H and O–H groups in total. The number of aromatic nitrogens is 1. The van der Waals surface area contributed by atoms with Gasteiger partial charge in [0.1, 0.15) is 0 Å². The highest BCUT2D eigenvalue weighted by Crippen LogP contribution is 2.34. The van der Waals surface area contributed by atoms with Crippen molar-refractivity contribution < 1.29 is 4.79 Å². The third-order valence-corrected chi connectivity index (χ3v) is 4.42.